The van der Waals surface area contributed by atoms with Crippen molar-refractivity contribution >= 4 is 62.7 Å². The van der Waals surface area contributed by atoms with Crippen LogP contribution in [0.3, 0.4) is 0 Å². The molecule has 0 aromatic heterocycles. The zero-order valence-electron chi connectivity index (χ0n) is 14.2. The first-order valence-electron chi connectivity index (χ1n) is 7.92. The second-order valence-electron chi connectivity index (χ2n) is 5.99. The molecule has 0 spiro atoms. The lowest BCUT2D eigenvalue weighted by molar-refractivity contribution is -0.130. The molecule has 0 radical (unpaired) electrons. The summed E-state index contributed by atoms with van der Waals surface area (Å²) < 4.78 is 0.971. The summed E-state index contributed by atoms with van der Waals surface area (Å²) in [6.45, 7) is 3.90. The van der Waals surface area contributed by atoms with Gasteiger partial charge in [0.15, 0.2) is 11.0 Å². The van der Waals surface area contributed by atoms with Crippen LogP contribution in [0.4, 0.5) is 11.4 Å². The van der Waals surface area contributed by atoms with Crippen molar-refractivity contribution in [3.05, 3.63) is 58.1 Å². The topological polar surface area (TPSA) is 61.8 Å². The molecular weight excluding hydrogens is 414 g/mol. The lowest BCUT2D eigenvalue weighted by atomic mass is 10.1. The standard InChI is InChI=1S/C19H16BrN3O2S/c1-11-3-6-14(7-4-11)23-18(25)15(17(24)22-19(23)26)10-21-13-5-8-16(20)12(2)9-13/h3-10,15H,1-2H3,(H,22,24,26)/t15-/m0/s1. The number of benzene rings is 2. The van der Waals surface area contributed by atoms with Crippen molar-refractivity contribution in [2.24, 2.45) is 10.9 Å². The minimum Gasteiger partial charge on any atom is -0.301 e. The summed E-state index contributed by atoms with van der Waals surface area (Å²) >= 11 is 8.61. The van der Waals surface area contributed by atoms with E-state index in [2.05, 4.69) is 26.2 Å². The van der Waals surface area contributed by atoms with Gasteiger partial charge in [-0.1, -0.05) is 33.6 Å². The number of hydrogen-bond acceptors (Lipinski definition) is 4. The zero-order valence-corrected chi connectivity index (χ0v) is 16.6. The van der Waals surface area contributed by atoms with Crippen molar-refractivity contribution in [1.82, 2.24) is 5.32 Å². The molecule has 1 aliphatic heterocycles. The van der Waals surface area contributed by atoms with Crippen LogP contribution in [0.2, 0.25) is 0 Å². The molecule has 1 heterocycles. The van der Waals surface area contributed by atoms with Crippen molar-refractivity contribution in [3.8, 4) is 0 Å². The Morgan fingerprint density at radius 1 is 1.15 bits per heavy atom. The van der Waals surface area contributed by atoms with Gasteiger partial charge in [0.25, 0.3) is 5.91 Å². The van der Waals surface area contributed by atoms with Gasteiger partial charge in [0.1, 0.15) is 0 Å². The average Bonchev–Trinajstić information content (AvgIpc) is 2.59. The third-order valence-electron chi connectivity index (χ3n) is 4.01. The summed E-state index contributed by atoms with van der Waals surface area (Å²) in [6.07, 6.45) is 1.36. The minimum absolute atomic E-state index is 0.0768. The van der Waals surface area contributed by atoms with Gasteiger partial charge in [-0.2, -0.15) is 0 Å². The lowest BCUT2D eigenvalue weighted by Crippen LogP contribution is -2.58. The quantitative estimate of drug-likeness (QED) is 0.458. The van der Waals surface area contributed by atoms with Crippen LogP contribution < -0.4 is 10.2 Å². The van der Waals surface area contributed by atoms with E-state index in [4.69, 9.17) is 12.2 Å². The predicted molar refractivity (Wildman–Crippen MR) is 110 cm³/mol. The zero-order chi connectivity index (χ0) is 18.8. The molecule has 0 aliphatic carbocycles. The number of halogens is 1. The van der Waals surface area contributed by atoms with E-state index >= 15 is 0 Å². The average molecular weight is 430 g/mol. The molecule has 1 fully saturated rings. The second-order valence-corrected chi connectivity index (χ2v) is 7.23. The molecule has 1 N–H and O–H groups in total. The summed E-state index contributed by atoms with van der Waals surface area (Å²) in [5.41, 5.74) is 3.36. The van der Waals surface area contributed by atoms with E-state index in [0.717, 1.165) is 15.6 Å². The first-order chi connectivity index (χ1) is 12.4. The third kappa shape index (κ3) is 3.73. The van der Waals surface area contributed by atoms with Gasteiger partial charge in [0.2, 0.25) is 5.91 Å². The Kier molecular flexibility index (Phi) is 5.29. The number of nitrogens with one attached hydrogen (secondary N) is 1. The van der Waals surface area contributed by atoms with E-state index < -0.39 is 17.7 Å². The Balaban J connectivity index is 1.88. The summed E-state index contributed by atoms with van der Waals surface area (Å²) in [4.78, 5) is 30.7. The molecular formula is C19H16BrN3O2S. The highest BCUT2D eigenvalue weighted by Crippen LogP contribution is 2.24. The Hall–Kier alpha value is -2.38. The van der Waals surface area contributed by atoms with Gasteiger partial charge in [-0.15, -0.1) is 0 Å². The number of amides is 2. The van der Waals surface area contributed by atoms with E-state index in [9.17, 15) is 9.59 Å². The SMILES string of the molecule is Cc1ccc(N2C(=O)[C@@H](C=Nc3ccc(Br)c(C)c3)C(=O)NC2=S)cc1. The van der Waals surface area contributed by atoms with Crippen molar-refractivity contribution < 1.29 is 9.59 Å². The van der Waals surface area contributed by atoms with Crippen molar-refractivity contribution in [2.45, 2.75) is 13.8 Å². The summed E-state index contributed by atoms with van der Waals surface area (Å²) in [7, 11) is 0. The molecule has 0 bridgehead atoms. The molecule has 2 aromatic carbocycles. The highest BCUT2D eigenvalue weighted by molar-refractivity contribution is 9.10. The van der Waals surface area contributed by atoms with Gasteiger partial charge in [-0.25, -0.2) is 0 Å². The predicted octanol–water partition coefficient (Wildman–Crippen LogP) is 3.83. The highest BCUT2D eigenvalue weighted by Gasteiger charge is 2.38. The summed E-state index contributed by atoms with van der Waals surface area (Å²) in [6, 6.07) is 12.9. The largest absolute Gasteiger partial charge is 0.301 e. The van der Waals surface area contributed by atoms with Crippen LogP contribution in [0.15, 0.2) is 51.9 Å². The Morgan fingerprint density at radius 3 is 2.50 bits per heavy atom. The maximum atomic E-state index is 12.9. The number of aryl methyl sites for hydroxylation is 2. The normalized spacial score (nSPS) is 17.7. The smallest absolute Gasteiger partial charge is 0.251 e. The van der Waals surface area contributed by atoms with Gasteiger partial charge >= 0.3 is 0 Å². The number of carbonyl (C=O) groups is 2. The number of carbonyl (C=O) groups excluding carboxylic acids is 2. The number of nitrogens with zero attached hydrogens (tertiary/aromatic N) is 2. The lowest BCUT2D eigenvalue weighted by Gasteiger charge is -2.30. The monoisotopic (exact) mass is 429 g/mol. The fourth-order valence-corrected chi connectivity index (χ4v) is 3.07. The van der Waals surface area contributed by atoms with Gasteiger partial charge in [-0.05, 0) is 62.0 Å². The summed E-state index contributed by atoms with van der Waals surface area (Å²) in [5, 5.41) is 2.66. The fourth-order valence-electron chi connectivity index (χ4n) is 2.53. The van der Waals surface area contributed by atoms with Gasteiger partial charge in [0.05, 0.1) is 11.4 Å². The van der Waals surface area contributed by atoms with Crippen LogP contribution in [-0.2, 0) is 9.59 Å². The van der Waals surface area contributed by atoms with Crippen LogP contribution in [0, 0.1) is 19.8 Å². The Labute approximate surface area is 165 Å². The van der Waals surface area contributed by atoms with Crippen LogP contribution in [0.5, 0.6) is 0 Å². The van der Waals surface area contributed by atoms with E-state index in [1.807, 2.05) is 38.1 Å². The molecule has 2 aromatic rings. The van der Waals surface area contributed by atoms with Gasteiger partial charge in [-0.3, -0.25) is 19.5 Å². The highest BCUT2D eigenvalue weighted by atomic mass is 79.9. The first-order valence-corrected chi connectivity index (χ1v) is 9.13. The van der Waals surface area contributed by atoms with E-state index in [0.29, 0.717) is 11.4 Å². The molecule has 1 atom stereocenters. The number of hydrogen-bond donors (Lipinski definition) is 1. The molecule has 0 unspecified atom stereocenters. The van der Waals surface area contributed by atoms with Crippen LogP contribution in [0.1, 0.15) is 11.1 Å². The van der Waals surface area contributed by atoms with E-state index in [1.54, 1.807) is 18.2 Å². The van der Waals surface area contributed by atoms with Crippen LogP contribution in [-0.4, -0.2) is 23.1 Å². The molecule has 1 saturated heterocycles. The van der Waals surface area contributed by atoms with Crippen LogP contribution in [0.25, 0.3) is 0 Å². The molecule has 5 nitrogen and oxygen atoms in total. The molecule has 26 heavy (non-hydrogen) atoms. The van der Waals surface area contributed by atoms with Crippen molar-refractivity contribution in [1.29, 1.82) is 0 Å². The number of anilines is 1. The Morgan fingerprint density at radius 2 is 1.85 bits per heavy atom. The number of aliphatic imine (C=N–C) groups is 1. The molecule has 1 aliphatic rings. The molecule has 132 valence electrons. The molecule has 3 rings (SSSR count). The van der Waals surface area contributed by atoms with Gasteiger partial charge in [0, 0.05) is 10.7 Å². The Bertz CT molecular complexity index is 925. The molecule has 0 saturated carbocycles. The number of thiocarbonyl (C=S) groups is 1. The van der Waals surface area contributed by atoms with Crippen molar-refractivity contribution in [3.63, 3.8) is 0 Å². The number of rotatable bonds is 3. The molecule has 7 heteroatoms. The maximum absolute atomic E-state index is 12.9. The molecule has 2 amide bonds. The fraction of sp³-hybridized carbons (Fsp3) is 0.158. The minimum atomic E-state index is -1.04. The first kappa shape index (κ1) is 18.4. The maximum Gasteiger partial charge on any atom is 0.251 e. The third-order valence-corrected chi connectivity index (χ3v) is 5.18. The van der Waals surface area contributed by atoms with Crippen molar-refractivity contribution in [2.75, 3.05) is 4.90 Å². The van der Waals surface area contributed by atoms with Gasteiger partial charge < -0.3 is 5.32 Å². The summed E-state index contributed by atoms with van der Waals surface area (Å²) in [5.74, 6) is -1.92. The van der Waals surface area contributed by atoms with E-state index in [1.165, 1.54) is 11.1 Å². The second kappa shape index (κ2) is 7.47. The van der Waals surface area contributed by atoms with E-state index in [-0.39, 0.29) is 5.11 Å². The van der Waals surface area contributed by atoms with Crippen LogP contribution >= 0.6 is 28.1 Å².